The van der Waals surface area contributed by atoms with Gasteiger partial charge in [-0.2, -0.15) is 10.2 Å². The van der Waals surface area contributed by atoms with E-state index < -0.39 is 7.12 Å². The van der Waals surface area contributed by atoms with Crippen molar-refractivity contribution in [3.05, 3.63) is 36.9 Å². The maximum atomic E-state index is 6.15. The van der Waals surface area contributed by atoms with Crippen LogP contribution in [0.3, 0.4) is 0 Å². The number of hydrogen-bond acceptors (Lipinski definition) is 4. The lowest BCUT2D eigenvalue weighted by Crippen LogP contribution is -2.41. The topological polar surface area (TPSA) is 53.6 Å². The van der Waals surface area contributed by atoms with E-state index in [1.165, 1.54) is 0 Å². The van der Waals surface area contributed by atoms with Crippen molar-refractivity contribution in [2.24, 2.45) is 7.05 Å². The Hall–Kier alpha value is -2.12. The smallest absolute Gasteiger partial charge is 0.399 e. The molecule has 1 aliphatic rings. The van der Waals surface area contributed by atoms with Crippen LogP contribution in [0.4, 0.5) is 0 Å². The third kappa shape index (κ3) is 2.27. The highest BCUT2D eigenvalue weighted by Crippen LogP contribution is 2.36. The number of nitrogens with zero attached hydrogens (tertiary/aromatic N) is 4. The molecular formula is C17H21BN4O2. The summed E-state index contributed by atoms with van der Waals surface area (Å²) in [5.74, 6) is 0. The molecule has 0 amide bonds. The normalized spacial score (nSPS) is 19.3. The van der Waals surface area contributed by atoms with E-state index in [9.17, 15) is 0 Å². The first kappa shape index (κ1) is 15.4. The first-order valence-electron chi connectivity index (χ1n) is 8.09. The Bertz CT molecular complexity index is 896. The molecule has 0 aromatic carbocycles. The van der Waals surface area contributed by atoms with Gasteiger partial charge < -0.3 is 9.31 Å². The third-order valence-corrected chi connectivity index (χ3v) is 5.09. The van der Waals surface area contributed by atoms with Crippen LogP contribution in [0.5, 0.6) is 0 Å². The van der Waals surface area contributed by atoms with E-state index in [1.54, 1.807) is 4.68 Å². The van der Waals surface area contributed by atoms with Crippen LogP contribution >= 0.6 is 0 Å². The number of aryl methyl sites for hydroxylation is 1. The SMILES string of the molecule is Cn1cc(-c2ccc3c(B4OC(C)(C)C(C)(C)O4)cnn3c2)cn1. The van der Waals surface area contributed by atoms with Crippen LogP contribution in [0.2, 0.25) is 0 Å². The summed E-state index contributed by atoms with van der Waals surface area (Å²) in [4.78, 5) is 0. The molecule has 7 heteroatoms. The van der Waals surface area contributed by atoms with E-state index in [0.717, 1.165) is 22.1 Å². The van der Waals surface area contributed by atoms with Crippen LogP contribution in [0.1, 0.15) is 27.7 Å². The molecule has 6 nitrogen and oxygen atoms in total. The molecular weight excluding hydrogens is 303 g/mol. The van der Waals surface area contributed by atoms with Gasteiger partial charge in [0.05, 0.1) is 22.9 Å². The molecule has 3 aromatic rings. The lowest BCUT2D eigenvalue weighted by Gasteiger charge is -2.32. The van der Waals surface area contributed by atoms with Gasteiger partial charge in [-0.3, -0.25) is 4.68 Å². The average molecular weight is 324 g/mol. The molecule has 1 aliphatic heterocycles. The molecule has 0 spiro atoms. The molecule has 124 valence electrons. The Morgan fingerprint density at radius 1 is 0.917 bits per heavy atom. The Kier molecular flexibility index (Phi) is 3.17. The van der Waals surface area contributed by atoms with E-state index >= 15 is 0 Å². The summed E-state index contributed by atoms with van der Waals surface area (Å²) in [5.41, 5.74) is 3.35. The molecule has 0 saturated carbocycles. The highest BCUT2D eigenvalue weighted by atomic mass is 16.7. The number of hydrogen-bond donors (Lipinski definition) is 0. The number of pyridine rings is 1. The minimum Gasteiger partial charge on any atom is -0.399 e. The first-order chi connectivity index (χ1) is 11.3. The van der Waals surface area contributed by atoms with Crippen LogP contribution in [-0.4, -0.2) is 37.7 Å². The van der Waals surface area contributed by atoms with Crippen molar-refractivity contribution < 1.29 is 9.31 Å². The molecule has 4 rings (SSSR count). The molecule has 4 heterocycles. The van der Waals surface area contributed by atoms with Gasteiger partial charge in [0.25, 0.3) is 0 Å². The van der Waals surface area contributed by atoms with Gasteiger partial charge in [0, 0.05) is 42.2 Å². The van der Waals surface area contributed by atoms with E-state index in [4.69, 9.17) is 9.31 Å². The van der Waals surface area contributed by atoms with Gasteiger partial charge in [0.2, 0.25) is 0 Å². The predicted octanol–water partition coefficient (Wildman–Crippen LogP) is 2.03. The van der Waals surface area contributed by atoms with Crippen molar-refractivity contribution in [1.82, 2.24) is 19.4 Å². The second-order valence-electron chi connectivity index (χ2n) is 7.34. The van der Waals surface area contributed by atoms with Gasteiger partial charge in [0.15, 0.2) is 0 Å². The second kappa shape index (κ2) is 4.94. The monoisotopic (exact) mass is 324 g/mol. The Balaban J connectivity index is 1.72. The number of rotatable bonds is 2. The van der Waals surface area contributed by atoms with E-state index in [0.29, 0.717) is 0 Å². The summed E-state index contributed by atoms with van der Waals surface area (Å²) in [7, 11) is 1.50. The van der Waals surface area contributed by atoms with Crippen molar-refractivity contribution in [2.45, 2.75) is 38.9 Å². The summed E-state index contributed by atoms with van der Waals surface area (Å²) in [6.07, 6.45) is 7.66. The zero-order valence-corrected chi connectivity index (χ0v) is 14.6. The molecule has 3 aromatic heterocycles. The average Bonchev–Trinajstić information content (AvgIpc) is 3.15. The summed E-state index contributed by atoms with van der Waals surface area (Å²) in [6.45, 7) is 8.22. The van der Waals surface area contributed by atoms with Gasteiger partial charge in [-0.05, 0) is 33.8 Å². The standard InChI is InChI=1S/C17H21BN4O2/c1-16(2)17(3,4)24-18(23-16)14-9-20-22-11-12(6-7-15(14)22)13-8-19-21(5)10-13/h6-11H,1-5H3. The third-order valence-electron chi connectivity index (χ3n) is 5.09. The molecule has 0 bridgehead atoms. The summed E-state index contributed by atoms with van der Waals surface area (Å²) >= 11 is 0. The summed E-state index contributed by atoms with van der Waals surface area (Å²) < 4.78 is 15.9. The minimum atomic E-state index is -0.406. The van der Waals surface area contributed by atoms with E-state index in [2.05, 4.69) is 50.0 Å². The molecule has 24 heavy (non-hydrogen) atoms. The van der Waals surface area contributed by atoms with E-state index in [-0.39, 0.29) is 11.2 Å². The van der Waals surface area contributed by atoms with Gasteiger partial charge in [0.1, 0.15) is 0 Å². The van der Waals surface area contributed by atoms with Crippen LogP contribution < -0.4 is 5.46 Å². The van der Waals surface area contributed by atoms with Crippen molar-refractivity contribution in [3.8, 4) is 11.1 Å². The minimum absolute atomic E-state index is 0.360. The van der Waals surface area contributed by atoms with Crippen molar-refractivity contribution in [2.75, 3.05) is 0 Å². The fourth-order valence-corrected chi connectivity index (χ4v) is 2.90. The quantitative estimate of drug-likeness (QED) is 0.677. The van der Waals surface area contributed by atoms with Gasteiger partial charge in [-0.1, -0.05) is 6.07 Å². The van der Waals surface area contributed by atoms with E-state index in [1.807, 2.05) is 36.4 Å². The van der Waals surface area contributed by atoms with Crippen molar-refractivity contribution >= 4 is 18.1 Å². The van der Waals surface area contributed by atoms with Gasteiger partial charge in [-0.15, -0.1) is 0 Å². The molecule has 0 unspecified atom stereocenters. The fourth-order valence-electron chi connectivity index (χ4n) is 2.90. The van der Waals surface area contributed by atoms with Crippen LogP contribution in [0, 0.1) is 0 Å². The summed E-state index contributed by atoms with van der Waals surface area (Å²) in [6, 6.07) is 4.12. The van der Waals surface area contributed by atoms with Crippen LogP contribution in [-0.2, 0) is 16.4 Å². The predicted molar refractivity (Wildman–Crippen MR) is 93.1 cm³/mol. The zero-order chi connectivity index (χ0) is 17.1. The van der Waals surface area contributed by atoms with Crippen molar-refractivity contribution in [1.29, 1.82) is 0 Å². The zero-order valence-electron chi connectivity index (χ0n) is 14.6. The maximum absolute atomic E-state index is 6.15. The lowest BCUT2D eigenvalue weighted by atomic mass is 9.80. The van der Waals surface area contributed by atoms with Gasteiger partial charge in [-0.25, -0.2) is 4.52 Å². The molecule has 1 saturated heterocycles. The highest BCUT2D eigenvalue weighted by Gasteiger charge is 2.52. The lowest BCUT2D eigenvalue weighted by molar-refractivity contribution is 0.00578. The first-order valence-corrected chi connectivity index (χ1v) is 8.09. The van der Waals surface area contributed by atoms with Crippen molar-refractivity contribution in [3.63, 3.8) is 0 Å². The second-order valence-corrected chi connectivity index (χ2v) is 7.34. The summed E-state index contributed by atoms with van der Waals surface area (Å²) in [5, 5.41) is 8.70. The maximum Gasteiger partial charge on any atom is 0.498 e. The Labute approximate surface area is 141 Å². The molecule has 0 aliphatic carbocycles. The van der Waals surface area contributed by atoms with Crippen LogP contribution in [0.25, 0.3) is 16.6 Å². The largest absolute Gasteiger partial charge is 0.498 e. The highest BCUT2D eigenvalue weighted by molar-refractivity contribution is 6.64. The molecule has 0 radical (unpaired) electrons. The Morgan fingerprint density at radius 2 is 1.62 bits per heavy atom. The fraction of sp³-hybridized carbons (Fsp3) is 0.412. The molecule has 0 N–H and O–H groups in total. The number of fused-ring (bicyclic) bond motifs is 1. The van der Waals surface area contributed by atoms with Crippen LogP contribution in [0.15, 0.2) is 36.9 Å². The molecule has 1 fully saturated rings. The van der Waals surface area contributed by atoms with Gasteiger partial charge >= 0.3 is 7.12 Å². The number of aromatic nitrogens is 4. The molecule has 0 atom stereocenters. The Morgan fingerprint density at radius 3 is 2.25 bits per heavy atom.